The standard InChI is InChI=1S/C17H19N6O3/c1-21-14-13(15(24)20-17(21)25)23(11-5-3-4-6-12(11)26-2)16(19-14)22-9-7-18-8-10-22/h3-6,18H,7-10H2,1-2H3. The smallest absolute Gasteiger partial charge is 0.352 e. The van der Waals surface area contributed by atoms with Crippen LogP contribution in [-0.4, -0.2) is 61.8 Å². The molecule has 0 unspecified atom stereocenters. The first-order valence-electron chi connectivity index (χ1n) is 8.37. The molecule has 1 aromatic heterocycles. The van der Waals surface area contributed by atoms with Crippen molar-refractivity contribution in [1.29, 1.82) is 0 Å². The molecule has 0 spiro atoms. The average Bonchev–Trinajstić information content (AvgIpc) is 3.08. The van der Waals surface area contributed by atoms with Crippen LogP contribution in [0.15, 0.2) is 24.3 Å². The van der Waals surface area contributed by atoms with Gasteiger partial charge < -0.3 is 15.0 Å². The molecule has 2 aliphatic rings. The van der Waals surface area contributed by atoms with Crippen LogP contribution in [0.1, 0.15) is 10.5 Å². The number of amides is 3. The molecule has 2 aliphatic heterocycles. The minimum atomic E-state index is -0.612. The number of para-hydroxylation sites is 2. The van der Waals surface area contributed by atoms with Crippen LogP contribution in [0.2, 0.25) is 0 Å². The molecule has 3 heterocycles. The molecular formula is C17H19N6O3. The highest BCUT2D eigenvalue weighted by Crippen LogP contribution is 2.35. The van der Waals surface area contributed by atoms with E-state index in [1.54, 1.807) is 18.7 Å². The summed E-state index contributed by atoms with van der Waals surface area (Å²) in [5, 5.41) is 6.92. The van der Waals surface area contributed by atoms with Crippen LogP contribution in [0, 0.1) is 0 Å². The number of urea groups is 1. The summed E-state index contributed by atoms with van der Waals surface area (Å²) in [5.41, 5.74) is 0.953. The fourth-order valence-corrected chi connectivity index (χ4v) is 3.25. The number of fused-ring (bicyclic) bond motifs is 1. The largest absolute Gasteiger partial charge is 0.495 e. The quantitative estimate of drug-likeness (QED) is 0.867. The number of carbonyl (C=O) groups excluding carboxylic acids is 2. The van der Waals surface area contributed by atoms with Crippen molar-refractivity contribution in [2.75, 3.05) is 50.1 Å². The van der Waals surface area contributed by atoms with Crippen LogP contribution < -0.4 is 25.2 Å². The van der Waals surface area contributed by atoms with Crippen LogP contribution in [0.25, 0.3) is 5.69 Å². The molecule has 4 rings (SSSR count). The summed E-state index contributed by atoms with van der Waals surface area (Å²) >= 11 is 0. The van der Waals surface area contributed by atoms with E-state index in [9.17, 15) is 9.59 Å². The van der Waals surface area contributed by atoms with Gasteiger partial charge in [0, 0.05) is 33.2 Å². The Hall–Kier alpha value is -3.07. The zero-order valence-corrected chi connectivity index (χ0v) is 14.6. The summed E-state index contributed by atoms with van der Waals surface area (Å²) < 4.78 is 7.23. The molecule has 1 N–H and O–H groups in total. The van der Waals surface area contributed by atoms with Crippen molar-refractivity contribution in [2.45, 2.75) is 0 Å². The van der Waals surface area contributed by atoms with Crippen molar-refractivity contribution in [3.63, 3.8) is 0 Å². The van der Waals surface area contributed by atoms with Crippen LogP contribution in [-0.2, 0) is 0 Å². The first kappa shape index (κ1) is 16.4. The van der Waals surface area contributed by atoms with Crippen molar-refractivity contribution in [3.05, 3.63) is 30.0 Å². The number of ether oxygens (including phenoxy) is 1. The van der Waals surface area contributed by atoms with Crippen LogP contribution >= 0.6 is 0 Å². The van der Waals surface area contributed by atoms with E-state index < -0.39 is 11.9 Å². The summed E-state index contributed by atoms with van der Waals surface area (Å²) in [6.45, 7) is 3.12. The number of rotatable bonds is 3. The van der Waals surface area contributed by atoms with E-state index in [2.05, 4.69) is 20.5 Å². The van der Waals surface area contributed by atoms with Gasteiger partial charge in [0.1, 0.15) is 5.75 Å². The zero-order chi connectivity index (χ0) is 18.3. The maximum absolute atomic E-state index is 12.6. The average molecular weight is 355 g/mol. The molecule has 0 atom stereocenters. The van der Waals surface area contributed by atoms with E-state index in [0.29, 0.717) is 23.2 Å². The summed E-state index contributed by atoms with van der Waals surface area (Å²) in [7, 11) is 3.15. The first-order chi connectivity index (χ1) is 12.6. The predicted molar refractivity (Wildman–Crippen MR) is 95.5 cm³/mol. The zero-order valence-electron chi connectivity index (χ0n) is 14.6. The molecule has 1 fully saturated rings. The number of benzene rings is 1. The van der Waals surface area contributed by atoms with E-state index in [0.717, 1.165) is 26.2 Å². The second kappa shape index (κ2) is 6.34. The van der Waals surface area contributed by atoms with Crippen molar-refractivity contribution in [1.82, 2.24) is 20.2 Å². The number of piperazine rings is 1. The van der Waals surface area contributed by atoms with Crippen molar-refractivity contribution < 1.29 is 14.3 Å². The molecule has 26 heavy (non-hydrogen) atoms. The molecule has 1 saturated heterocycles. The Kier molecular flexibility index (Phi) is 4.00. The molecule has 0 saturated carbocycles. The number of nitrogens with one attached hydrogen (secondary N) is 1. The lowest BCUT2D eigenvalue weighted by molar-refractivity contribution is 0.0951. The highest BCUT2D eigenvalue weighted by Gasteiger charge is 2.37. The lowest BCUT2D eigenvalue weighted by Crippen LogP contribution is -2.44. The fourth-order valence-electron chi connectivity index (χ4n) is 3.25. The minimum absolute atomic E-state index is 0.269. The second-order valence-corrected chi connectivity index (χ2v) is 6.09. The van der Waals surface area contributed by atoms with Crippen molar-refractivity contribution in [3.8, 4) is 11.4 Å². The SMILES string of the molecule is COc1ccccc1-n1c(N2CCNCC2)nc2c1C(=O)[N]C(=O)N2C. The number of carbonyl (C=O) groups is 2. The Morgan fingerprint density at radius 2 is 1.88 bits per heavy atom. The van der Waals surface area contributed by atoms with Crippen LogP contribution in [0.5, 0.6) is 5.75 Å². The summed E-state index contributed by atoms with van der Waals surface area (Å²) in [6.07, 6.45) is 0. The maximum atomic E-state index is 12.6. The molecule has 1 aromatic carbocycles. The number of imidazole rings is 1. The molecule has 9 heteroatoms. The number of methoxy groups -OCH3 is 1. The third kappa shape index (κ3) is 2.48. The summed E-state index contributed by atoms with van der Waals surface area (Å²) in [6, 6.07) is 6.79. The van der Waals surface area contributed by atoms with Gasteiger partial charge in [-0.1, -0.05) is 12.1 Å². The number of nitrogens with zero attached hydrogens (tertiary/aromatic N) is 5. The Balaban J connectivity index is 1.97. The third-order valence-corrected chi connectivity index (χ3v) is 4.57. The molecule has 0 aliphatic carbocycles. The maximum Gasteiger partial charge on any atom is 0.352 e. The van der Waals surface area contributed by atoms with Gasteiger partial charge in [-0.3, -0.25) is 14.3 Å². The highest BCUT2D eigenvalue weighted by atomic mass is 16.5. The first-order valence-corrected chi connectivity index (χ1v) is 8.37. The fraction of sp³-hybridized carbons (Fsp3) is 0.353. The third-order valence-electron chi connectivity index (χ3n) is 4.57. The van der Waals surface area contributed by atoms with Crippen LogP contribution in [0.3, 0.4) is 0 Å². The second-order valence-electron chi connectivity index (χ2n) is 6.09. The molecule has 2 aromatic rings. The van der Waals surface area contributed by atoms with Gasteiger partial charge in [0.25, 0.3) is 0 Å². The van der Waals surface area contributed by atoms with Gasteiger partial charge in [-0.05, 0) is 12.1 Å². The van der Waals surface area contributed by atoms with E-state index >= 15 is 0 Å². The number of imide groups is 1. The Bertz CT molecular complexity index is 871. The normalized spacial score (nSPS) is 17.2. The van der Waals surface area contributed by atoms with E-state index in [4.69, 9.17) is 4.74 Å². The van der Waals surface area contributed by atoms with E-state index in [1.165, 1.54) is 4.90 Å². The lowest BCUT2D eigenvalue weighted by atomic mass is 10.2. The van der Waals surface area contributed by atoms with Gasteiger partial charge in [-0.15, -0.1) is 0 Å². The summed E-state index contributed by atoms with van der Waals surface area (Å²) in [5.74, 6) is 0.930. The van der Waals surface area contributed by atoms with E-state index in [1.807, 2.05) is 24.3 Å². The molecule has 135 valence electrons. The topological polar surface area (TPSA) is 93.8 Å². The Morgan fingerprint density at radius 1 is 1.15 bits per heavy atom. The Morgan fingerprint density at radius 3 is 2.62 bits per heavy atom. The molecule has 1 radical (unpaired) electrons. The molecular weight excluding hydrogens is 336 g/mol. The van der Waals surface area contributed by atoms with Gasteiger partial charge in [0.2, 0.25) is 5.95 Å². The van der Waals surface area contributed by atoms with Gasteiger partial charge in [0.05, 0.1) is 12.8 Å². The van der Waals surface area contributed by atoms with Gasteiger partial charge in [0.15, 0.2) is 11.5 Å². The van der Waals surface area contributed by atoms with Gasteiger partial charge in [-0.25, -0.2) is 4.79 Å². The Labute approximate surface area is 150 Å². The molecule has 3 amide bonds. The monoisotopic (exact) mass is 355 g/mol. The van der Waals surface area contributed by atoms with Crippen molar-refractivity contribution in [2.24, 2.45) is 0 Å². The molecule has 0 bridgehead atoms. The minimum Gasteiger partial charge on any atom is -0.495 e. The van der Waals surface area contributed by atoms with Crippen LogP contribution in [0.4, 0.5) is 16.6 Å². The number of aromatic nitrogens is 2. The number of hydrogen-bond acceptors (Lipinski definition) is 6. The van der Waals surface area contributed by atoms with Gasteiger partial charge >= 0.3 is 11.9 Å². The molecule has 9 nitrogen and oxygen atoms in total. The summed E-state index contributed by atoms with van der Waals surface area (Å²) in [4.78, 5) is 32.6. The van der Waals surface area contributed by atoms with Gasteiger partial charge in [-0.2, -0.15) is 10.3 Å². The number of anilines is 2. The van der Waals surface area contributed by atoms with E-state index in [-0.39, 0.29) is 5.69 Å². The highest BCUT2D eigenvalue weighted by molar-refractivity contribution is 6.15. The van der Waals surface area contributed by atoms with Crippen molar-refractivity contribution >= 4 is 23.7 Å². The lowest BCUT2D eigenvalue weighted by Gasteiger charge is -2.29. The number of hydrogen-bond donors (Lipinski definition) is 1. The predicted octanol–water partition coefficient (Wildman–Crippen LogP) is 0.605.